The Balaban J connectivity index is 1.56. The molecule has 9 heteroatoms. The Labute approximate surface area is 297 Å². The molecule has 3 rings (SSSR count). The van der Waals surface area contributed by atoms with Crippen molar-refractivity contribution in [3.63, 3.8) is 0 Å². The van der Waals surface area contributed by atoms with Crippen LogP contribution in [0, 0.1) is 11.8 Å². The number of ether oxygens (including phenoxy) is 2. The summed E-state index contributed by atoms with van der Waals surface area (Å²) in [5.74, 6) is 0.159. The van der Waals surface area contributed by atoms with Crippen LogP contribution >= 0.6 is 0 Å². The van der Waals surface area contributed by atoms with Crippen LogP contribution in [-0.4, -0.2) is 110 Å². The van der Waals surface area contributed by atoms with Crippen LogP contribution in [0.1, 0.15) is 126 Å². The number of piperazine rings is 1. The second-order valence-corrected chi connectivity index (χ2v) is 15.9. The van der Waals surface area contributed by atoms with E-state index in [2.05, 4.69) is 11.8 Å². The summed E-state index contributed by atoms with van der Waals surface area (Å²) in [6, 6.07) is 0.616. The van der Waals surface area contributed by atoms with Crippen molar-refractivity contribution in [1.29, 1.82) is 0 Å². The lowest BCUT2D eigenvalue weighted by Gasteiger charge is -2.40. The number of carbonyl (C=O) groups excluding carboxylic acids is 1. The minimum absolute atomic E-state index is 0.0126. The van der Waals surface area contributed by atoms with Crippen LogP contribution in [-0.2, 0) is 9.47 Å². The highest BCUT2D eigenvalue weighted by atomic mass is 16.6. The molecule has 1 aliphatic carbocycles. The molecule has 1 saturated carbocycles. The molecule has 0 radical (unpaired) electrons. The van der Waals surface area contributed by atoms with Gasteiger partial charge in [-0.2, -0.15) is 0 Å². The second-order valence-electron chi connectivity index (χ2n) is 15.9. The Morgan fingerprint density at radius 2 is 1.63 bits per heavy atom. The van der Waals surface area contributed by atoms with Gasteiger partial charge in [0.25, 0.3) is 0 Å². The molecule has 3 aliphatic rings. The van der Waals surface area contributed by atoms with Crippen LogP contribution < -0.4 is 0 Å². The molecule has 0 aromatic heterocycles. The first kappa shape index (κ1) is 41.7. The molecule has 4 N–H and O–H groups in total. The van der Waals surface area contributed by atoms with Crippen molar-refractivity contribution in [2.24, 2.45) is 11.8 Å². The van der Waals surface area contributed by atoms with E-state index in [0.29, 0.717) is 51.2 Å². The molecule has 2 saturated heterocycles. The highest BCUT2D eigenvalue weighted by molar-refractivity contribution is 5.68. The first-order valence-electron chi connectivity index (χ1n) is 19.3. The SMILES string of the molecule is CCC(O)CCC(C)(O)C(/C=C/C(C)C/C(C)=C/C=C/C(C)(O)CC1OC1C(C)C(O)CC)OC(=O)N1CCN(C2CCCCCC2)CC1. The average molecular weight is 691 g/mol. The number of rotatable bonds is 18. The third-order valence-corrected chi connectivity index (χ3v) is 11.1. The fraction of sp³-hybridized carbons (Fsp3) is 0.825. The molecular weight excluding hydrogens is 620 g/mol. The predicted molar refractivity (Wildman–Crippen MR) is 196 cm³/mol. The molecule has 9 atom stereocenters. The summed E-state index contributed by atoms with van der Waals surface area (Å²) < 4.78 is 11.8. The number of amides is 1. The van der Waals surface area contributed by atoms with Gasteiger partial charge in [-0.1, -0.05) is 83.3 Å². The molecule has 3 fully saturated rings. The van der Waals surface area contributed by atoms with Crippen LogP contribution in [0.2, 0.25) is 0 Å². The van der Waals surface area contributed by atoms with Gasteiger partial charge in [-0.05, 0) is 77.7 Å². The minimum atomic E-state index is -1.33. The van der Waals surface area contributed by atoms with E-state index in [1.54, 1.807) is 24.8 Å². The van der Waals surface area contributed by atoms with Gasteiger partial charge in [0.1, 0.15) is 5.60 Å². The fourth-order valence-electron chi connectivity index (χ4n) is 7.46. The zero-order chi connectivity index (χ0) is 36.2. The highest BCUT2D eigenvalue weighted by Crippen LogP contribution is 2.37. The standard InChI is InChI=1S/C40H70N2O7/c1-8-33(43)20-22-40(7,47)36(49-38(45)42-25-23-41(24-26-42)32-16-12-10-11-13-17-32)19-18-30(4)27-29(3)15-14-21-39(6,46)28-35-37(48-35)31(5)34(44)9-2/h14-15,18-19,21,30-37,43-44,46-47H,8-13,16-17,20,22-28H2,1-7H3/b19-18+,21-14+,29-15+. The molecule has 0 spiro atoms. The van der Waals surface area contributed by atoms with E-state index >= 15 is 0 Å². The zero-order valence-electron chi connectivity index (χ0n) is 31.7. The quantitative estimate of drug-likeness (QED) is 0.0554. The molecule has 2 aliphatic heterocycles. The van der Waals surface area contributed by atoms with Gasteiger partial charge in [0.15, 0.2) is 6.10 Å². The number of nitrogens with zero attached hydrogens (tertiary/aromatic N) is 2. The summed E-state index contributed by atoms with van der Waals surface area (Å²) in [7, 11) is 0. The number of carbonyl (C=O) groups is 1. The molecule has 0 aromatic carbocycles. The molecule has 0 bridgehead atoms. The molecular formula is C40H70N2O7. The van der Waals surface area contributed by atoms with E-state index in [9.17, 15) is 25.2 Å². The number of hydrogen-bond acceptors (Lipinski definition) is 8. The van der Waals surface area contributed by atoms with Crippen LogP contribution in [0.25, 0.3) is 0 Å². The molecule has 9 nitrogen and oxygen atoms in total. The van der Waals surface area contributed by atoms with Crippen molar-refractivity contribution >= 4 is 6.09 Å². The van der Waals surface area contributed by atoms with Crippen LogP contribution in [0.15, 0.2) is 36.0 Å². The van der Waals surface area contributed by atoms with E-state index < -0.39 is 35.6 Å². The summed E-state index contributed by atoms with van der Waals surface area (Å²) in [5, 5.41) is 42.7. The Hall–Kier alpha value is -1.75. The summed E-state index contributed by atoms with van der Waals surface area (Å²) >= 11 is 0. The van der Waals surface area contributed by atoms with Gasteiger partial charge >= 0.3 is 6.09 Å². The lowest BCUT2D eigenvalue weighted by atomic mass is 9.90. The molecule has 9 unspecified atom stereocenters. The number of hydrogen-bond donors (Lipinski definition) is 4. The zero-order valence-corrected chi connectivity index (χ0v) is 31.7. The van der Waals surface area contributed by atoms with Crippen molar-refractivity contribution in [2.45, 2.75) is 173 Å². The Morgan fingerprint density at radius 3 is 2.24 bits per heavy atom. The van der Waals surface area contributed by atoms with E-state index in [1.165, 1.54) is 38.5 Å². The smallest absolute Gasteiger partial charge is 0.410 e. The predicted octanol–water partition coefficient (Wildman–Crippen LogP) is 6.53. The van der Waals surface area contributed by atoms with Gasteiger partial charge in [0.2, 0.25) is 0 Å². The maximum absolute atomic E-state index is 13.4. The molecule has 282 valence electrons. The lowest BCUT2D eigenvalue weighted by Crippen LogP contribution is -2.53. The highest BCUT2D eigenvalue weighted by Gasteiger charge is 2.47. The summed E-state index contributed by atoms with van der Waals surface area (Å²) in [6.45, 7) is 16.4. The number of allylic oxidation sites excluding steroid dienone is 4. The van der Waals surface area contributed by atoms with E-state index in [1.807, 2.05) is 52.0 Å². The van der Waals surface area contributed by atoms with Gasteiger partial charge in [-0.3, -0.25) is 4.90 Å². The van der Waals surface area contributed by atoms with Crippen molar-refractivity contribution < 1.29 is 34.7 Å². The lowest BCUT2D eigenvalue weighted by molar-refractivity contribution is -0.0664. The summed E-state index contributed by atoms with van der Waals surface area (Å²) in [4.78, 5) is 17.7. The molecule has 0 aromatic rings. The van der Waals surface area contributed by atoms with Gasteiger partial charge < -0.3 is 34.8 Å². The van der Waals surface area contributed by atoms with E-state index in [-0.39, 0.29) is 24.0 Å². The van der Waals surface area contributed by atoms with Crippen molar-refractivity contribution in [2.75, 3.05) is 26.2 Å². The van der Waals surface area contributed by atoms with Crippen molar-refractivity contribution in [3.05, 3.63) is 36.0 Å². The maximum Gasteiger partial charge on any atom is 0.410 e. The van der Waals surface area contributed by atoms with E-state index in [0.717, 1.165) is 25.1 Å². The van der Waals surface area contributed by atoms with Gasteiger partial charge in [-0.25, -0.2) is 4.79 Å². The largest absolute Gasteiger partial charge is 0.439 e. The Bertz CT molecular complexity index is 1070. The third kappa shape index (κ3) is 14.1. The Kier molecular flexibility index (Phi) is 16.8. The van der Waals surface area contributed by atoms with Crippen LogP contribution in [0.5, 0.6) is 0 Å². The van der Waals surface area contributed by atoms with Crippen LogP contribution in [0.4, 0.5) is 4.79 Å². The molecule has 1 amide bonds. The first-order chi connectivity index (χ1) is 23.2. The second kappa shape index (κ2) is 19.7. The summed E-state index contributed by atoms with van der Waals surface area (Å²) in [5.41, 5.74) is -1.23. The Morgan fingerprint density at radius 1 is 0.980 bits per heavy atom. The van der Waals surface area contributed by atoms with E-state index in [4.69, 9.17) is 9.47 Å². The average Bonchev–Trinajstić information content (AvgIpc) is 3.87. The third-order valence-electron chi connectivity index (χ3n) is 11.1. The number of epoxide rings is 1. The summed E-state index contributed by atoms with van der Waals surface area (Å²) in [6.07, 6.45) is 18.3. The normalized spacial score (nSPS) is 27.2. The van der Waals surface area contributed by atoms with Crippen molar-refractivity contribution in [3.8, 4) is 0 Å². The van der Waals surface area contributed by atoms with Gasteiger partial charge in [-0.15, -0.1) is 0 Å². The monoisotopic (exact) mass is 691 g/mol. The topological polar surface area (TPSA) is 126 Å². The van der Waals surface area contributed by atoms with Gasteiger partial charge in [0.05, 0.1) is 30.0 Å². The fourth-order valence-corrected chi connectivity index (χ4v) is 7.46. The van der Waals surface area contributed by atoms with Crippen molar-refractivity contribution in [1.82, 2.24) is 9.80 Å². The molecule has 49 heavy (non-hydrogen) atoms. The van der Waals surface area contributed by atoms with Gasteiger partial charge in [0, 0.05) is 44.6 Å². The first-order valence-corrected chi connectivity index (χ1v) is 19.3. The van der Waals surface area contributed by atoms with Crippen LogP contribution in [0.3, 0.4) is 0 Å². The number of aliphatic hydroxyl groups excluding tert-OH is 2. The minimum Gasteiger partial charge on any atom is -0.439 e. The molecule has 2 heterocycles. The maximum atomic E-state index is 13.4. The number of aliphatic hydroxyl groups is 4.